The van der Waals surface area contributed by atoms with Gasteiger partial charge in [-0.1, -0.05) is 64.1 Å². The molecular weight excluding hydrogens is 235 g/mol. The van der Waals surface area contributed by atoms with Crippen LogP contribution in [-0.2, 0) is 11.8 Å². The molecule has 0 bridgehead atoms. The first kappa shape index (κ1) is 13.8. The Kier molecular flexibility index (Phi) is 3.75. The van der Waals surface area contributed by atoms with Crippen molar-refractivity contribution in [1.29, 1.82) is 0 Å². The maximum atomic E-state index is 14.0. The summed E-state index contributed by atoms with van der Waals surface area (Å²) in [4.78, 5) is 0. The molecule has 0 amide bonds. The molecule has 2 rings (SSSR count). The molecule has 1 heteroatoms. The molecule has 2 aromatic rings. The SMILES string of the molecule is CCc1ccc(-c2ccccc2F)c(C(C)(C)C)c1. The molecule has 0 atom stereocenters. The van der Waals surface area contributed by atoms with Gasteiger partial charge in [0.1, 0.15) is 5.82 Å². The Hall–Kier alpha value is -1.63. The molecule has 0 unspecified atom stereocenters. The van der Waals surface area contributed by atoms with E-state index in [1.807, 2.05) is 12.1 Å². The highest BCUT2D eigenvalue weighted by Crippen LogP contribution is 2.35. The number of benzene rings is 2. The van der Waals surface area contributed by atoms with Gasteiger partial charge in [0.2, 0.25) is 0 Å². The molecule has 0 radical (unpaired) electrons. The molecule has 0 aliphatic rings. The van der Waals surface area contributed by atoms with Gasteiger partial charge in [0.25, 0.3) is 0 Å². The summed E-state index contributed by atoms with van der Waals surface area (Å²) in [7, 11) is 0. The summed E-state index contributed by atoms with van der Waals surface area (Å²) in [6.07, 6.45) is 1.00. The summed E-state index contributed by atoms with van der Waals surface area (Å²) in [6.45, 7) is 8.66. The molecule has 0 nitrogen and oxygen atoms in total. The summed E-state index contributed by atoms with van der Waals surface area (Å²) in [5.74, 6) is -0.155. The summed E-state index contributed by atoms with van der Waals surface area (Å²) in [6, 6.07) is 13.4. The third-order valence-electron chi connectivity index (χ3n) is 3.46. The zero-order valence-electron chi connectivity index (χ0n) is 12.1. The van der Waals surface area contributed by atoms with Crippen LogP contribution in [0, 0.1) is 5.82 Å². The monoisotopic (exact) mass is 256 g/mol. The maximum absolute atomic E-state index is 14.0. The van der Waals surface area contributed by atoms with Crippen molar-refractivity contribution in [3.8, 4) is 11.1 Å². The van der Waals surface area contributed by atoms with Gasteiger partial charge in [-0.15, -0.1) is 0 Å². The van der Waals surface area contributed by atoms with E-state index in [9.17, 15) is 4.39 Å². The first-order valence-corrected chi connectivity index (χ1v) is 6.82. The van der Waals surface area contributed by atoms with Crippen LogP contribution >= 0.6 is 0 Å². The van der Waals surface area contributed by atoms with Gasteiger partial charge >= 0.3 is 0 Å². The molecular formula is C18H21F. The van der Waals surface area contributed by atoms with Crippen molar-refractivity contribution in [2.75, 3.05) is 0 Å². The fraction of sp³-hybridized carbons (Fsp3) is 0.333. The quantitative estimate of drug-likeness (QED) is 0.679. The van der Waals surface area contributed by atoms with Gasteiger partial charge in [-0.3, -0.25) is 0 Å². The lowest BCUT2D eigenvalue weighted by Gasteiger charge is -2.24. The average Bonchev–Trinajstić information content (AvgIpc) is 2.38. The van der Waals surface area contributed by atoms with E-state index in [-0.39, 0.29) is 11.2 Å². The predicted octanol–water partition coefficient (Wildman–Crippen LogP) is 5.35. The Morgan fingerprint density at radius 3 is 2.21 bits per heavy atom. The molecule has 100 valence electrons. The van der Waals surface area contributed by atoms with Crippen LogP contribution in [0.25, 0.3) is 11.1 Å². The zero-order chi connectivity index (χ0) is 14.0. The molecule has 2 aromatic carbocycles. The van der Waals surface area contributed by atoms with Crippen LogP contribution in [0.5, 0.6) is 0 Å². The highest BCUT2D eigenvalue weighted by Gasteiger charge is 2.20. The van der Waals surface area contributed by atoms with Gasteiger partial charge in [-0.05, 0) is 34.6 Å². The molecule has 19 heavy (non-hydrogen) atoms. The largest absolute Gasteiger partial charge is 0.206 e. The molecule has 0 spiro atoms. The van der Waals surface area contributed by atoms with Crippen molar-refractivity contribution < 1.29 is 4.39 Å². The van der Waals surface area contributed by atoms with Crippen molar-refractivity contribution in [1.82, 2.24) is 0 Å². The van der Waals surface area contributed by atoms with Crippen molar-refractivity contribution in [3.63, 3.8) is 0 Å². The lowest BCUT2D eigenvalue weighted by molar-refractivity contribution is 0.589. The Labute approximate surface area is 115 Å². The van der Waals surface area contributed by atoms with Gasteiger partial charge in [-0.25, -0.2) is 4.39 Å². The van der Waals surface area contributed by atoms with Crippen LogP contribution in [0.15, 0.2) is 42.5 Å². The molecule has 0 fully saturated rings. The fourth-order valence-electron chi connectivity index (χ4n) is 2.35. The van der Waals surface area contributed by atoms with Crippen LogP contribution in [0.2, 0.25) is 0 Å². The van der Waals surface area contributed by atoms with Crippen molar-refractivity contribution in [3.05, 3.63) is 59.4 Å². The second-order valence-corrected chi connectivity index (χ2v) is 5.96. The molecule has 0 saturated carbocycles. The molecule has 0 aromatic heterocycles. The maximum Gasteiger partial charge on any atom is 0.131 e. The Morgan fingerprint density at radius 1 is 0.947 bits per heavy atom. The normalized spacial score (nSPS) is 11.6. The standard InChI is InChI=1S/C18H21F/c1-5-13-10-11-14(16(12-13)18(2,3)4)15-8-6-7-9-17(15)19/h6-12H,5H2,1-4H3. The van der Waals surface area contributed by atoms with Crippen LogP contribution in [0.1, 0.15) is 38.8 Å². The smallest absolute Gasteiger partial charge is 0.131 e. The van der Waals surface area contributed by atoms with Crippen molar-refractivity contribution >= 4 is 0 Å². The van der Waals surface area contributed by atoms with Gasteiger partial charge in [0.15, 0.2) is 0 Å². The minimum Gasteiger partial charge on any atom is -0.206 e. The molecule has 0 aliphatic carbocycles. The Morgan fingerprint density at radius 2 is 1.63 bits per heavy atom. The molecule has 0 aliphatic heterocycles. The highest BCUT2D eigenvalue weighted by atomic mass is 19.1. The van der Waals surface area contributed by atoms with E-state index < -0.39 is 0 Å². The minimum absolute atomic E-state index is 0.00277. The zero-order valence-corrected chi connectivity index (χ0v) is 12.1. The number of halogens is 1. The van der Waals surface area contributed by atoms with Crippen LogP contribution in [0.4, 0.5) is 4.39 Å². The average molecular weight is 256 g/mol. The number of rotatable bonds is 2. The van der Waals surface area contributed by atoms with Crippen LogP contribution in [-0.4, -0.2) is 0 Å². The summed E-state index contributed by atoms with van der Waals surface area (Å²) in [5.41, 5.74) is 4.20. The van der Waals surface area contributed by atoms with E-state index >= 15 is 0 Å². The number of hydrogen-bond donors (Lipinski definition) is 0. The molecule has 0 heterocycles. The van der Waals surface area contributed by atoms with Crippen molar-refractivity contribution in [2.45, 2.75) is 39.5 Å². The molecule has 0 saturated heterocycles. The first-order valence-electron chi connectivity index (χ1n) is 6.82. The van der Waals surface area contributed by atoms with E-state index in [0.717, 1.165) is 12.0 Å². The van der Waals surface area contributed by atoms with E-state index in [1.54, 1.807) is 6.07 Å². The van der Waals surface area contributed by atoms with E-state index in [1.165, 1.54) is 17.2 Å². The van der Waals surface area contributed by atoms with Crippen LogP contribution in [0.3, 0.4) is 0 Å². The second kappa shape index (κ2) is 5.16. The summed E-state index contributed by atoms with van der Waals surface area (Å²) >= 11 is 0. The first-order chi connectivity index (χ1) is 8.93. The second-order valence-electron chi connectivity index (χ2n) is 5.96. The molecule has 0 N–H and O–H groups in total. The van der Waals surface area contributed by atoms with E-state index in [4.69, 9.17) is 0 Å². The fourth-order valence-corrected chi connectivity index (χ4v) is 2.35. The lowest BCUT2D eigenvalue weighted by Crippen LogP contribution is -2.13. The Bertz CT molecular complexity index is 576. The summed E-state index contributed by atoms with van der Waals surface area (Å²) < 4.78 is 14.0. The third-order valence-corrected chi connectivity index (χ3v) is 3.46. The number of aryl methyl sites for hydroxylation is 1. The van der Waals surface area contributed by atoms with Crippen LogP contribution < -0.4 is 0 Å². The highest BCUT2D eigenvalue weighted by molar-refractivity contribution is 5.69. The lowest BCUT2D eigenvalue weighted by atomic mass is 9.80. The topological polar surface area (TPSA) is 0 Å². The minimum atomic E-state index is -0.155. The Balaban J connectivity index is 2.67. The van der Waals surface area contributed by atoms with Crippen molar-refractivity contribution in [2.24, 2.45) is 0 Å². The predicted molar refractivity (Wildman–Crippen MR) is 79.9 cm³/mol. The van der Waals surface area contributed by atoms with Gasteiger partial charge < -0.3 is 0 Å². The van der Waals surface area contributed by atoms with Gasteiger partial charge in [0, 0.05) is 5.56 Å². The third kappa shape index (κ3) is 2.86. The number of hydrogen-bond acceptors (Lipinski definition) is 0. The van der Waals surface area contributed by atoms with E-state index in [2.05, 4.69) is 45.9 Å². The van der Waals surface area contributed by atoms with E-state index in [0.29, 0.717) is 5.56 Å². The van der Waals surface area contributed by atoms with Gasteiger partial charge in [-0.2, -0.15) is 0 Å². The van der Waals surface area contributed by atoms with Gasteiger partial charge in [0.05, 0.1) is 0 Å². The summed E-state index contributed by atoms with van der Waals surface area (Å²) in [5, 5.41) is 0.